The third-order valence-electron chi connectivity index (χ3n) is 4.84. The van der Waals surface area contributed by atoms with Gasteiger partial charge >= 0.3 is 5.97 Å². The molecule has 0 saturated carbocycles. The van der Waals surface area contributed by atoms with Crippen molar-refractivity contribution in [1.29, 1.82) is 0 Å². The fourth-order valence-corrected chi connectivity index (χ4v) is 3.72. The average Bonchev–Trinajstić information content (AvgIpc) is 2.72. The minimum atomic E-state index is -0.935. The van der Waals surface area contributed by atoms with Crippen molar-refractivity contribution in [1.82, 2.24) is 0 Å². The van der Waals surface area contributed by atoms with E-state index in [0.29, 0.717) is 35.8 Å². The molecule has 0 bridgehead atoms. The number of hydrogen-bond acceptors (Lipinski definition) is 4. The topological polar surface area (TPSA) is 67.8 Å². The smallest absolute Gasteiger partial charge is 0.336 e. The molecule has 0 atom stereocenters. The summed E-state index contributed by atoms with van der Waals surface area (Å²) in [5.74, 6) is 0.339. The number of carboxylic acids is 1. The molecule has 3 aromatic carbocycles. The average molecular weight is 470 g/mol. The van der Waals surface area contributed by atoms with Gasteiger partial charge in [-0.3, -0.25) is 0 Å². The molecule has 0 aliphatic carbocycles. The minimum absolute atomic E-state index is 0.290. The highest BCUT2D eigenvalue weighted by Gasteiger charge is 2.14. The summed E-state index contributed by atoms with van der Waals surface area (Å²) in [5, 5.41) is 12.6. The van der Waals surface area contributed by atoms with E-state index in [1.807, 2.05) is 30.3 Å². The summed E-state index contributed by atoms with van der Waals surface area (Å²) in [4.78, 5) is 11.3. The summed E-state index contributed by atoms with van der Waals surface area (Å²) in [5.41, 5.74) is 5.03. The number of ether oxygens (including phenoxy) is 2. The highest BCUT2D eigenvalue weighted by molar-refractivity contribution is 9.10. The molecule has 0 aromatic heterocycles. The molecule has 0 radical (unpaired) electrons. The lowest BCUT2D eigenvalue weighted by atomic mass is 10.1. The quantitative estimate of drug-likeness (QED) is 0.425. The number of benzene rings is 3. The van der Waals surface area contributed by atoms with Crippen LogP contribution in [0, 0.1) is 13.8 Å². The molecule has 0 spiro atoms. The second kappa shape index (κ2) is 9.67. The van der Waals surface area contributed by atoms with E-state index in [9.17, 15) is 9.90 Å². The van der Waals surface area contributed by atoms with Crippen LogP contribution in [-0.2, 0) is 13.2 Å². The Hall–Kier alpha value is -2.99. The maximum atomic E-state index is 11.3. The number of nitrogens with one attached hydrogen (secondary N) is 1. The fourth-order valence-electron chi connectivity index (χ4n) is 3.11. The van der Waals surface area contributed by atoms with Crippen molar-refractivity contribution in [2.75, 3.05) is 12.4 Å². The number of carbonyl (C=O) groups is 1. The molecular formula is C24H24BrNO4. The largest absolute Gasteiger partial charge is 0.493 e. The van der Waals surface area contributed by atoms with Crippen LogP contribution in [0.4, 0.5) is 5.69 Å². The van der Waals surface area contributed by atoms with Crippen LogP contribution in [0.3, 0.4) is 0 Å². The van der Waals surface area contributed by atoms with Gasteiger partial charge in [0.05, 0.1) is 17.1 Å². The van der Waals surface area contributed by atoms with Crippen LogP contribution in [-0.4, -0.2) is 18.2 Å². The van der Waals surface area contributed by atoms with Gasteiger partial charge in [-0.25, -0.2) is 4.79 Å². The number of rotatable bonds is 8. The molecule has 6 heteroatoms. The molecule has 0 amide bonds. The summed E-state index contributed by atoms with van der Waals surface area (Å²) in [6, 6.07) is 17.3. The zero-order valence-corrected chi connectivity index (χ0v) is 18.7. The Morgan fingerprint density at radius 1 is 1.07 bits per heavy atom. The first-order valence-corrected chi connectivity index (χ1v) is 10.3. The van der Waals surface area contributed by atoms with Gasteiger partial charge < -0.3 is 19.9 Å². The third-order valence-corrected chi connectivity index (χ3v) is 5.43. The predicted octanol–water partition coefficient (Wildman–Crippen LogP) is 5.96. The number of carboxylic acid groups (broad SMARTS) is 1. The van der Waals surface area contributed by atoms with E-state index in [1.54, 1.807) is 26.2 Å². The van der Waals surface area contributed by atoms with Crippen LogP contribution in [0.15, 0.2) is 59.1 Å². The Morgan fingerprint density at radius 3 is 2.47 bits per heavy atom. The number of anilines is 1. The highest BCUT2D eigenvalue weighted by atomic mass is 79.9. The Balaban J connectivity index is 1.74. The Morgan fingerprint density at radius 2 is 1.80 bits per heavy atom. The molecule has 0 heterocycles. The second-order valence-electron chi connectivity index (χ2n) is 7.02. The monoisotopic (exact) mass is 469 g/mol. The second-order valence-corrected chi connectivity index (χ2v) is 7.87. The van der Waals surface area contributed by atoms with Crippen molar-refractivity contribution in [3.8, 4) is 11.5 Å². The first-order chi connectivity index (χ1) is 14.4. The molecule has 2 N–H and O–H groups in total. The highest BCUT2D eigenvalue weighted by Crippen LogP contribution is 2.37. The Bertz CT molecular complexity index is 1050. The van der Waals surface area contributed by atoms with Crippen molar-refractivity contribution >= 4 is 27.6 Å². The van der Waals surface area contributed by atoms with Gasteiger partial charge in [0, 0.05) is 12.2 Å². The molecule has 3 aromatic rings. The Kier molecular flexibility index (Phi) is 7.00. The van der Waals surface area contributed by atoms with Gasteiger partial charge in [-0.1, -0.05) is 35.9 Å². The van der Waals surface area contributed by atoms with Gasteiger partial charge in [-0.05, 0) is 70.7 Å². The molecule has 0 unspecified atom stereocenters. The standard InChI is InChI=1S/C24H24BrNO4/c1-15-7-9-17(10-8-15)14-30-23-20(25)11-18(12-22(23)29-3)13-26-21-6-4-5-19(16(21)2)24(27)28/h4-12,26H,13-14H2,1-3H3,(H,27,28). The van der Waals surface area contributed by atoms with Gasteiger partial charge in [0.1, 0.15) is 6.61 Å². The SMILES string of the molecule is COc1cc(CNc2cccc(C(=O)O)c2C)cc(Br)c1OCc1ccc(C)cc1. The van der Waals surface area contributed by atoms with E-state index in [1.165, 1.54) is 5.56 Å². The van der Waals surface area contributed by atoms with Gasteiger partial charge in [0.15, 0.2) is 11.5 Å². The summed E-state index contributed by atoms with van der Waals surface area (Å²) in [6.07, 6.45) is 0. The summed E-state index contributed by atoms with van der Waals surface area (Å²) in [6.45, 7) is 4.80. The molecule has 0 aliphatic heterocycles. The number of hydrogen-bond donors (Lipinski definition) is 2. The van der Waals surface area contributed by atoms with E-state index in [4.69, 9.17) is 9.47 Å². The zero-order valence-electron chi connectivity index (χ0n) is 17.2. The molecule has 0 saturated heterocycles. The molecule has 0 fully saturated rings. The number of aryl methyl sites for hydroxylation is 1. The lowest BCUT2D eigenvalue weighted by Crippen LogP contribution is -2.06. The van der Waals surface area contributed by atoms with E-state index >= 15 is 0 Å². The third kappa shape index (κ3) is 5.13. The van der Waals surface area contributed by atoms with Crippen molar-refractivity contribution in [3.05, 3.63) is 86.9 Å². The van der Waals surface area contributed by atoms with Crippen LogP contribution < -0.4 is 14.8 Å². The first kappa shape index (κ1) is 21.7. The van der Waals surface area contributed by atoms with E-state index in [-0.39, 0.29) is 0 Å². The maximum absolute atomic E-state index is 11.3. The van der Waals surface area contributed by atoms with E-state index in [0.717, 1.165) is 21.3 Å². The number of methoxy groups -OCH3 is 1. The van der Waals surface area contributed by atoms with Crippen molar-refractivity contribution in [2.45, 2.75) is 27.0 Å². The summed E-state index contributed by atoms with van der Waals surface area (Å²) < 4.78 is 12.3. The van der Waals surface area contributed by atoms with Crippen LogP contribution in [0.1, 0.15) is 32.6 Å². The molecule has 0 aliphatic rings. The van der Waals surface area contributed by atoms with Gasteiger partial charge in [0.2, 0.25) is 0 Å². The lowest BCUT2D eigenvalue weighted by Gasteiger charge is -2.16. The molecule has 5 nitrogen and oxygen atoms in total. The molecule has 30 heavy (non-hydrogen) atoms. The van der Waals surface area contributed by atoms with Crippen LogP contribution in [0.25, 0.3) is 0 Å². The zero-order chi connectivity index (χ0) is 21.7. The molecule has 156 valence electrons. The lowest BCUT2D eigenvalue weighted by molar-refractivity contribution is 0.0696. The van der Waals surface area contributed by atoms with E-state index in [2.05, 4.69) is 40.3 Å². The van der Waals surface area contributed by atoms with Crippen LogP contribution in [0.5, 0.6) is 11.5 Å². The minimum Gasteiger partial charge on any atom is -0.493 e. The Labute approximate surface area is 184 Å². The molecule has 3 rings (SSSR count). The normalized spacial score (nSPS) is 10.5. The molecular weight excluding hydrogens is 446 g/mol. The van der Waals surface area contributed by atoms with E-state index < -0.39 is 5.97 Å². The number of aromatic carboxylic acids is 1. The number of halogens is 1. The van der Waals surface area contributed by atoms with Gasteiger partial charge in [-0.2, -0.15) is 0 Å². The summed E-state index contributed by atoms with van der Waals surface area (Å²) in [7, 11) is 1.61. The predicted molar refractivity (Wildman–Crippen MR) is 122 cm³/mol. The van der Waals surface area contributed by atoms with Crippen LogP contribution >= 0.6 is 15.9 Å². The van der Waals surface area contributed by atoms with Crippen molar-refractivity contribution < 1.29 is 19.4 Å². The van der Waals surface area contributed by atoms with Crippen LogP contribution in [0.2, 0.25) is 0 Å². The maximum Gasteiger partial charge on any atom is 0.336 e. The first-order valence-electron chi connectivity index (χ1n) is 9.50. The van der Waals surface area contributed by atoms with Gasteiger partial charge in [0.25, 0.3) is 0 Å². The van der Waals surface area contributed by atoms with Crippen molar-refractivity contribution in [3.63, 3.8) is 0 Å². The fraction of sp³-hybridized carbons (Fsp3) is 0.208. The summed E-state index contributed by atoms with van der Waals surface area (Å²) >= 11 is 3.58. The van der Waals surface area contributed by atoms with Gasteiger partial charge in [-0.15, -0.1) is 0 Å². The van der Waals surface area contributed by atoms with Crippen molar-refractivity contribution in [2.24, 2.45) is 0 Å².